The minimum absolute atomic E-state index is 0.370. The molecular formula is C20H20FN3O3. The second kappa shape index (κ2) is 6.74. The first-order valence-corrected chi connectivity index (χ1v) is 8.95. The molecule has 2 aromatic carbocycles. The number of amides is 1. The lowest BCUT2D eigenvalue weighted by atomic mass is 9.86. The molecule has 1 N–H and O–H groups in total. The van der Waals surface area contributed by atoms with Gasteiger partial charge in [-0.25, -0.2) is 4.39 Å². The van der Waals surface area contributed by atoms with Crippen LogP contribution in [0.3, 0.4) is 0 Å². The summed E-state index contributed by atoms with van der Waals surface area (Å²) < 4.78 is 19.4. The molecule has 2 heterocycles. The molecule has 0 spiro atoms. The Balaban J connectivity index is 1.99. The van der Waals surface area contributed by atoms with Gasteiger partial charge in [-0.3, -0.25) is 9.69 Å². The summed E-state index contributed by atoms with van der Waals surface area (Å²) in [6.45, 7) is 4.49. The van der Waals surface area contributed by atoms with E-state index in [0.717, 1.165) is 36.2 Å². The fourth-order valence-electron chi connectivity index (χ4n) is 4.04. The SMILES string of the molecule is CCN1CCc2c(-c3cc(F)ccc3OC)cc3c(c2C1)NC(=O)C3N=O. The molecule has 7 heteroatoms. The summed E-state index contributed by atoms with van der Waals surface area (Å²) in [7, 11) is 1.54. The third-order valence-electron chi connectivity index (χ3n) is 5.43. The molecule has 4 rings (SSSR count). The van der Waals surface area contributed by atoms with Crippen LogP contribution in [-0.4, -0.2) is 31.0 Å². The number of likely N-dealkylation sites (N-methyl/N-ethyl adjacent to an activating group) is 1. The van der Waals surface area contributed by atoms with Crippen molar-refractivity contribution >= 4 is 11.6 Å². The Kier molecular flexibility index (Phi) is 4.39. The van der Waals surface area contributed by atoms with E-state index in [1.54, 1.807) is 12.1 Å². The normalized spacial score (nSPS) is 18.6. The number of nitroso groups, excluding NO2 is 1. The largest absolute Gasteiger partial charge is 0.496 e. The highest BCUT2D eigenvalue weighted by molar-refractivity contribution is 6.04. The van der Waals surface area contributed by atoms with Crippen LogP contribution in [0.15, 0.2) is 29.4 Å². The molecule has 0 saturated carbocycles. The standard InChI is InChI=1S/C20H20FN3O3/c1-3-24-7-6-12-13(14-8-11(21)4-5-17(14)27-2)9-15-18(16(12)10-24)22-20(25)19(15)23-26/h4-5,8-9,19H,3,6-7,10H2,1-2H3,(H,22,25). The first-order chi connectivity index (χ1) is 13.1. The fraction of sp³-hybridized carbons (Fsp3) is 0.350. The van der Waals surface area contributed by atoms with E-state index in [9.17, 15) is 14.1 Å². The van der Waals surface area contributed by atoms with Gasteiger partial charge in [0.2, 0.25) is 0 Å². The molecule has 27 heavy (non-hydrogen) atoms. The molecule has 0 fully saturated rings. The van der Waals surface area contributed by atoms with Crippen LogP contribution in [0.25, 0.3) is 11.1 Å². The van der Waals surface area contributed by atoms with Crippen molar-refractivity contribution in [3.8, 4) is 16.9 Å². The Bertz CT molecular complexity index is 945. The molecule has 0 aliphatic carbocycles. The zero-order chi connectivity index (χ0) is 19.1. The summed E-state index contributed by atoms with van der Waals surface area (Å²) in [5.74, 6) is -0.242. The second-order valence-corrected chi connectivity index (χ2v) is 6.81. The first kappa shape index (κ1) is 17.6. The molecule has 2 aliphatic heterocycles. The maximum Gasteiger partial charge on any atom is 0.257 e. The monoisotopic (exact) mass is 369 g/mol. The number of hydrogen-bond acceptors (Lipinski definition) is 5. The average molecular weight is 369 g/mol. The van der Waals surface area contributed by atoms with Gasteiger partial charge in [0.15, 0.2) is 6.04 Å². The Morgan fingerprint density at radius 2 is 2.11 bits per heavy atom. The van der Waals surface area contributed by atoms with E-state index < -0.39 is 11.9 Å². The van der Waals surface area contributed by atoms with Crippen molar-refractivity contribution in [3.05, 3.63) is 51.7 Å². The number of nitrogens with one attached hydrogen (secondary N) is 1. The van der Waals surface area contributed by atoms with E-state index in [2.05, 4.69) is 22.3 Å². The number of fused-ring (bicyclic) bond motifs is 3. The summed E-state index contributed by atoms with van der Waals surface area (Å²) in [4.78, 5) is 25.8. The quantitative estimate of drug-likeness (QED) is 0.836. The van der Waals surface area contributed by atoms with Crippen LogP contribution in [0, 0.1) is 10.7 Å². The van der Waals surface area contributed by atoms with E-state index in [4.69, 9.17) is 4.74 Å². The topological polar surface area (TPSA) is 71.0 Å². The van der Waals surface area contributed by atoms with Gasteiger partial charge >= 0.3 is 0 Å². The van der Waals surface area contributed by atoms with Crippen LogP contribution >= 0.6 is 0 Å². The van der Waals surface area contributed by atoms with Gasteiger partial charge in [-0.15, -0.1) is 4.91 Å². The molecule has 6 nitrogen and oxygen atoms in total. The fourth-order valence-corrected chi connectivity index (χ4v) is 4.04. The number of rotatable bonds is 4. The highest BCUT2D eigenvalue weighted by atomic mass is 19.1. The predicted molar refractivity (Wildman–Crippen MR) is 100 cm³/mol. The number of nitrogens with zero attached hydrogens (tertiary/aromatic N) is 2. The summed E-state index contributed by atoms with van der Waals surface area (Å²) in [5, 5.41) is 5.84. The summed E-state index contributed by atoms with van der Waals surface area (Å²) >= 11 is 0. The lowest BCUT2D eigenvalue weighted by molar-refractivity contribution is -0.116. The van der Waals surface area contributed by atoms with Crippen LogP contribution < -0.4 is 10.1 Å². The smallest absolute Gasteiger partial charge is 0.257 e. The van der Waals surface area contributed by atoms with Crippen LogP contribution in [0.1, 0.15) is 29.7 Å². The number of carbonyl (C=O) groups is 1. The van der Waals surface area contributed by atoms with Crippen molar-refractivity contribution < 1.29 is 13.9 Å². The average Bonchev–Trinajstić information content (AvgIpc) is 3.02. The number of carbonyl (C=O) groups excluding carboxylic acids is 1. The molecule has 0 saturated heterocycles. The summed E-state index contributed by atoms with van der Waals surface area (Å²) in [6, 6.07) is 5.07. The van der Waals surface area contributed by atoms with Gasteiger partial charge in [0, 0.05) is 24.2 Å². The third-order valence-corrected chi connectivity index (χ3v) is 5.43. The van der Waals surface area contributed by atoms with Crippen molar-refractivity contribution in [2.45, 2.75) is 25.9 Å². The molecule has 1 unspecified atom stereocenters. The lowest BCUT2D eigenvalue weighted by Crippen LogP contribution is -2.31. The highest BCUT2D eigenvalue weighted by Crippen LogP contribution is 2.45. The van der Waals surface area contributed by atoms with Crippen molar-refractivity contribution in [1.82, 2.24) is 4.90 Å². The second-order valence-electron chi connectivity index (χ2n) is 6.81. The summed E-state index contributed by atoms with van der Waals surface area (Å²) in [6.07, 6.45) is 0.764. The van der Waals surface area contributed by atoms with Gasteiger partial charge in [0.25, 0.3) is 5.91 Å². The maximum absolute atomic E-state index is 14.0. The first-order valence-electron chi connectivity index (χ1n) is 8.95. The van der Waals surface area contributed by atoms with Crippen LogP contribution in [0.2, 0.25) is 0 Å². The van der Waals surface area contributed by atoms with E-state index in [0.29, 0.717) is 29.1 Å². The minimum Gasteiger partial charge on any atom is -0.496 e. The van der Waals surface area contributed by atoms with Crippen LogP contribution in [0.5, 0.6) is 5.75 Å². The van der Waals surface area contributed by atoms with Gasteiger partial charge in [0.05, 0.1) is 12.8 Å². The van der Waals surface area contributed by atoms with E-state index in [1.807, 2.05) is 0 Å². The van der Waals surface area contributed by atoms with Crippen LogP contribution in [0.4, 0.5) is 10.1 Å². The number of ether oxygens (including phenoxy) is 1. The Labute approximate surface area is 156 Å². The lowest BCUT2D eigenvalue weighted by Gasteiger charge is -2.31. The van der Waals surface area contributed by atoms with Crippen molar-refractivity contribution in [2.75, 3.05) is 25.5 Å². The number of benzene rings is 2. The van der Waals surface area contributed by atoms with Crippen molar-refractivity contribution in [2.24, 2.45) is 5.18 Å². The van der Waals surface area contributed by atoms with Crippen molar-refractivity contribution in [1.29, 1.82) is 0 Å². The Morgan fingerprint density at radius 1 is 1.30 bits per heavy atom. The summed E-state index contributed by atoms with van der Waals surface area (Å²) in [5.41, 5.74) is 4.66. The molecule has 0 radical (unpaired) electrons. The molecule has 140 valence electrons. The number of methoxy groups -OCH3 is 1. The van der Waals surface area contributed by atoms with Gasteiger partial charge in [-0.1, -0.05) is 12.1 Å². The molecular weight excluding hydrogens is 349 g/mol. The highest BCUT2D eigenvalue weighted by Gasteiger charge is 2.37. The zero-order valence-electron chi connectivity index (χ0n) is 15.2. The van der Waals surface area contributed by atoms with Crippen molar-refractivity contribution in [3.63, 3.8) is 0 Å². The third kappa shape index (κ3) is 2.78. The Hall–Kier alpha value is -2.80. The molecule has 1 amide bonds. The number of hydrogen-bond donors (Lipinski definition) is 1. The molecule has 2 aromatic rings. The predicted octanol–water partition coefficient (Wildman–Crippen LogP) is 3.64. The van der Waals surface area contributed by atoms with Crippen LogP contribution in [-0.2, 0) is 17.8 Å². The van der Waals surface area contributed by atoms with E-state index >= 15 is 0 Å². The molecule has 2 aliphatic rings. The van der Waals surface area contributed by atoms with E-state index in [-0.39, 0.29) is 5.82 Å². The van der Waals surface area contributed by atoms with E-state index in [1.165, 1.54) is 19.2 Å². The molecule has 0 bridgehead atoms. The maximum atomic E-state index is 14.0. The zero-order valence-corrected chi connectivity index (χ0v) is 15.2. The van der Waals surface area contributed by atoms with Gasteiger partial charge < -0.3 is 10.1 Å². The molecule has 0 aromatic heterocycles. The Morgan fingerprint density at radius 3 is 2.81 bits per heavy atom. The number of anilines is 1. The minimum atomic E-state index is -1.08. The van der Waals surface area contributed by atoms with Gasteiger partial charge in [0.1, 0.15) is 11.6 Å². The van der Waals surface area contributed by atoms with Gasteiger partial charge in [-0.2, -0.15) is 0 Å². The number of halogens is 1. The molecule has 1 atom stereocenters. The van der Waals surface area contributed by atoms with Gasteiger partial charge in [-0.05, 0) is 53.9 Å².